The number of likely N-dealkylation sites (tertiary alicyclic amines) is 2. The predicted octanol–water partition coefficient (Wildman–Crippen LogP) is 4.71. The van der Waals surface area contributed by atoms with Crippen LogP contribution in [-0.4, -0.2) is 77.4 Å². The Kier molecular flexibility index (Phi) is 8.53. The molecule has 0 saturated carbocycles. The monoisotopic (exact) mass is 530 g/mol. The van der Waals surface area contributed by atoms with Crippen molar-refractivity contribution in [2.45, 2.75) is 70.3 Å². The Bertz CT molecular complexity index is 1140. The van der Waals surface area contributed by atoms with E-state index in [1.54, 1.807) is 4.90 Å². The molecule has 5 rings (SSSR count). The van der Waals surface area contributed by atoms with Gasteiger partial charge < -0.3 is 19.6 Å². The Labute approximate surface area is 232 Å². The topological polar surface area (TPSA) is 64.2 Å². The number of hydrogen-bond acceptors (Lipinski definition) is 4. The predicted molar refractivity (Wildman–Crippen MR) is 153 cm³/mol. The van der Waals surface area contributed by atoms with Crippen molar-refractivity contribution in [2.24, 2.45) is 0 Å². The van der Waals surface area contributed by atoms with Gasteiger partial charge in [-0.05, 0) is 74.8 Å². The van der Waals surface area contributed by atoms with Crippen molar-refractivity contribution in [1.29, 1.82) is 0 Å². The van der Waals surface area contributed by atoms with E-state index in [9.17, 15) is 14.4 Å². The van der Waals surface area contributed by atoms with Crippen molar-refractivity contribution in [2.75, 3.05) is 44.3 Å². The second-order valence-electron chi connectivity index (χ2n) is 11.3. The van der Waals surface area contributed by atoms with Gasteiger partial charge in [0.25, 0.3) is 11.8 Å². The smallest absolute Gasteiger partial charge is 0.253 e. The summed E-state index contributed by atoms with van der Waals surface area (Å²) in [5, 5.41) is 0. The molecular weight excluding hydrogens is 488 g/mol. The first kappa shape index (κ1) is 27.2. The van der Waals surface area contributed by atoms with Gasteiger partial charge in [-0.25, -0.2) is 0 Å². The van der Waals surface area contributed by atoms with Gasteiger partial charge in [0.15, 0.2) is 0 Å². The van der Waals surface area contributed by atoms with Gasteiger partial charge in [0.2, 0.25) is 5.91 Å². The van der Waals surface area contributed by atoms with Crippen LogP contribution in [0.1, 0.15) is 74.2 Å². The molecule has 2 aromatic carbocycles. The van der Waals surface area contributed by atoms with Crippen molar-refractivity contribution in [3.8, 4) is 0 Å². The highest BCUT2D eigenvalue weighted by molar-refractivity contribution is 5.97. The van der Waals surface area contributed by atoms with Gasteiger partial charge in [0.05, 0.1) is 6.67 Å². The fourth-order valence-electron chi connectivity index (χ4n) is 6.38. The third kappa shape index (κ3) is 5.82. The molecule has 0 aromatic heterocycles. The lowest BCUT2D eigenvalue weighted by Crippen LogP contribution is -2.57. The van der Waals surface area contributed by atoms with Gasteiger partial charge in [-0.2, -0.15) is 0 Å². The minimum Gasteiger partial charge on any atom is -0.341 e. The summed E-state index contributed by atoms with van der Waals surface area (Å²) in [4.78, 5) is 48.1. The number of aryl methyl sites for hydroxylation is 1. The first-order chi connectivity index (χ1) is 19.0. The van der Waals surface area contributed by atoms with E-state index < -0.39 is 5.54 Å². The molecule has 1 spiro atoms. The van der Waals surface area contributed by atoms with Crippen LogP contribution in [0.5, 0.6) is 0 Å². The highest BCUT2D eigenvalue weighted by Gasteiger charge is 2.54. The Morgan fingerprint density at radius 3 is 2.18 bits per heavy atom. The molecule has 3 amide bonds. The van der Waals surface area contributed by atoms with E-state index >= 15 is 0 Å². The van der Waals surface area contributed by atoms with Crippen LogP contribution < -0.4 is 4.90 Å². The standard InChI is InChI=1S/C32H42N4O3/c1-2-3-6-11-26-14-16-27(17-15-26)30(38)34-22-18-32(19-23-34)31(39)35(24-29(37)33-20-9-5-10-21-33)25-36(32)28-12-7-4-8-13-28/h4,7-8,12-17H,2-3,5-6,9-11,18-25H2,1H3. The van der Waals surface area contributed by atoms with E-state index in [-0.39, 0.29) is 24.3 Å². The molecule has 7 heteroatoms. The Morgan fingerprint density at radius 2 is 1.51 bits per heavy atom. The molecule has 0 N–H and O–H groups in total. The van der Waals surface area contributed by atoms with E-state index in [1.807, 2.05) is 52.3 Å². The average Bonchev–Trinajstić information content (AvgIpc) is 3.24. The molecule has 0 atom stereocenters. The van der Waals surface area contributed by atoms with Gasteiger partial charge in [-0.1, -0.05) is 50.1 Å². The molecule has 3 aliphatic rings. The van der Waals surface area contributed by atoms with Crippen LogP contribution in [-0.2, 0) is 16.0 Å². The number of carbonyl (C=O) groups is 3. The molecule has 0 radical (unpaired) electrons. The Balaban J connectivity index is 1.28. The highest BCUT2D eigenvalue weighted by atomic mass is 16.2. The fourth-order valence-corrected chi connectivity index (χ4v) is 6.38. The lowest BCUT2D eigenvalue weighted by atomic mass is 9.85. The number of piperidine rings is 2. The van der Waals surface area contributed by atoms with Crippen molar-refractivity contribution in [3.63, 3.8) is 0 Å². The molecule has 0 unspecified atom stereocenters. The van der Waals surface area contributed by atoms with Crippen LogP contribution >= 0.6 is 0 Å². The second kappa shape index (κ2) is 12.2. The van der Waals surface area contributed by atoms with Gasteiger partial charge in [0.1, 0.15) is 12.1 Å². The zero-order valence-corrected chi connectivity index (χ0v) is 23.3. The third-order valence-electron chi connectivity index (χ3n) is 8.76. The minimum absolute atomic E-state index is 0.0141. The zero-order chi connectivity index (χ0) is 27.2. The van der Waals surface area contributed by atoms with Crippen LogP contribution in [0.15, 0.2) is 54.6 Å². The summed E-state index contributed by atoms with van der Waals surface area (Å²) in [6.45, 7) is 5.32. The van der Waals surface area contributed by atoms with E-state index in [4.69, 9.17) is 0 Å². The fraction of sp³-hybridized carbons (Fsp3) is 0.531. The van der Waals surface area contributed by atoms with Crippen LogP contribution in [0.2, 0.25) is 0 Å². The molecule has 3 saturated heterocycles. The van der Waals surface area contributed by atoms with Gasteiger partial charge >= 0.3 is 0 Å². The summed E-state index contributed by atoms with van der Waals surface area (Å²) in [5.41, 5.74) is 2.23. The summed E-state index contributed by atoms with van der Waals surface area (Å²) in [7, 11) is 0. The normalized spacial score (nSPS) is 19.2. The van der Waals surface area contributed by atoms with Crippen molar-refractivity contribution in [3.05, 3.63) is 65.7 Å². The maximum absolute atomic E-state index is 14.0. The Morgan fingerprint density at radius 1 is 0.821 bits per heavy atom. The maximum atomic E-state index is 14.0. The average molecular weight is 531 g/mol. The van der Waals surface area contributed by atoms with E-state index in [2.05, 4.69) is 24.0 Å². The minimum atomic E-state index is -0.733. The highest BCUT2D eigenvalue weighted by Crippen LogP contribution is 2.39. The van der Waals surface area contributed by atoms with Crippen molar-refractivity contribution < 1.29 is 14.4 Å². The number of nitrogens with zero attached hydrogens (tertiary/aromatic N) is 4. The van der Waals surface area contributed by atoms with Gasteiger partial charge in [-0.3, -0.25) is 14.4 Å². The molecule has 3 fully saturated rings. The Hall–Kier alpha value is -3.35. The second-order valence-corrected chi connectivity index (χ2v) is 11.3. The molecule has 39 heavy (non-hydrogen) atoms. The number of rotatable bonds is 8. The quantitative estimate of drug-likeness (QED) is 0.464. The number of carbonyl (C=O) groups excluding carboxylic acids is 3. The molecule has 208 valence electrons. The van der Waals surface area contributed by atoms with Crippen molar-refractivity contribution >= 4 is 23.4 Å². The first-order valence-electron chi connectivity index (χ1n) is 14.8. The van der Waals surface area contributed by atoms with Gasteiger partial charge in [-0.15, -0.1) is 0 Å². The number of amides is 3. The largest absolute Gasteiger partial charge is 0.341 e. The summed E-state index contributed by atoms with van der Waals surface area (Å²) in [5.74, 6) is 0.0814. The molecule has 3 aliphatic heterocycles. The number of anilines is 1. The van der Waals surface area contributed by atoms with E-state index in [0.29, 0.717) is 38.2 Å². The lowest BCUT2D eigenvalue weighted by molar-refractivity contribution is -0.141. The van der Waals surface area contributed by atoms with E-state index in [1.165, 1.54) is 24.8 Å². The zero-order valence-electron chi connectivity index (χ0n) is 23.3. The SMILES string of the molecule is CCCCCc1ccc(C(=O)N2CCC3(CC2)C(=O)N(CC(=O)N2CCCCC2)CN3c2ccccc2)cc1. The third-order valence-corrected chi connectivity index (χ3v) is 8.76. The van der Waals surface area contributed by atoms with Crippen LogP contribution in [0.4, 0.5) is 5.69 Å². The molecular formula is C32H42N4O3. The maximum Gasteiger partial charge on any atom is 0.253 e. The summed E-state index contributed by atoms with van der Waals surface area (Å²) in [6, 6.07) is 18.0. The summed E-state index contributed by atoms with van der Waals surface area (Å²) >= 11 is 0. The molecule has 7 nitrogen and oxygen atoms in total. The number of benzene rings is 2. The van der Waals surface area contributed by atoms with Crippen molar-refractivity contribution in [1.82, 2.24) is 14.7 Å². The molecule has 0 bridgehead atoms. The van der Waals surface area contributed by atoms with Crippen LogP contribution in [0, 0.1) is 0 Å². The van der Waals surface area contributed by atoms with Crippen LogP contribution in [0.25, 0.3) is 0 Å². The lowest BCUT2D eigenvalue weighted by Gasteiger charge is -2.43. The van der Waals surface area contributed by atoms with E-state index in [0.717, 1.165) is 44.5 Å². The number of para-hydroxylation sites is 1. The van der Waals surface area contributed by atoms with Crippen LogP contribution in [0.3, 0.4) is 0 Å². The molecule has 2 aromatic rings. The molecule has 3 heterocycles. The first-order valence-corrected chi connectivity index (χ1v) is 14.8. The molecule has 0 aliphatic carbocycles. The summed E-state index contributed by atoms with van der Waals surface area (Å²) < 4.78 is 0. The number of hydrogen-bond donors (Lipinski definition) is 0. The van der Waals surface area contributed by atoms with Gasteiger partial charge in [0, 0.05) is 37.4 Å². The summed E-state index contributed by atoms with van der Waals surface area (Å²) in [6.07, 6.45) is 8.97. The number of unbranched alkanes of at least 4 members (excludes halogenated alkanes) is 2.